The Labute approximate surface area is 196 Å². The zero-order chi connectivity index (χ0) is 24.1. The number of rotatable bonds is 10. The van der Waals surface area contributed by atoms with Crippen LogP contribution in [-0.2, 0) is 20.0 Å². The van der Waals surface area contributed by atoms with Crippen LogP contribution in [0.15, 0.2) is 58.3 Å². The predicted octanol–water partition coefficient (Wildman–Crippen LogP) is 3.19. The summed E-state index contributed by atoms with van der Waals surface area (Å²) >= 11 is 0. The summed E-state index contributed by atoms with van der Waals surface area (Å²) in [5.74, 6) is -0.202. The lowest BCUT2D eigenvalue weighted by atomic mass is 10.1. The molecule has 0 spiro atoms. The van der Waals surface area contributed by atoms with Crippen molar-refractivity contribution in [1.29, 1.82) is 0 Å². The van der Waals surface area contributed by atoms with E-state index in [0.29, 0.717) is 37.4 Å². The first-order chi connectivity index (χ1) is 15.7. The fourth-order valence-corrected chi connectivity index (χ4v) is 6.78. The van der Waals surface area contributed by atoms with E-state index in [2.05, 4.69) is 5.32 Å². The monoisotopic (exact) mass is 493 g/mol. The summed E-state index contributed by atoms with van der Waals surface area (Å²) < 4.78 is 53.5. The van der Waals surface area contributed by atoms with Crippen LogP contribution in [0.5, 0.6) is 0 Å². The van der Waals surface area contributed by atoms with E-state index in [4.69, 9.17) is 0 Å². The van der Waals surface area contributed by atoms with Gasteiger partial charge in [0.2, 0.25) is 20.0 Å². The molecule has 0 radical (unpaired) electrons. The molecule has 2 aromatic carbocycles. The molecule has 2 aromatic rings. The summed E-state index contributed by atoms with van der Waals surface area (Å²) in [6.07, 6.45) is 2.81. The average molecular weight is 494 g/mol. The lowest BCUT2D eigenvalue weighted by Crippen LogP contribution is -2.35. The molecule has 3 rings (SSSR count). The molecule has 1 aliphatic heterocycles. The normalized spacial score (nSPS) is 15.5. The van der Waals surface area contributed by atoms with Crippen LogP contribution in [0.2, 0.25) is 0 Å². The van der Waals surface area contributed by atoms with Gasteiger partial charge in [-0.2, -0.15) is 8.61 Å². The number of anilines is 1. The van der Waals surface area contributed by atoms with E-state index in [1.165, 1.54) is 32.9 Å². The van der Waals surface area contributed by atoms with E-state index in [1.807, 2.05) is 0 Å². The molecule has 33 heavy (non-hydrogen) atoms. The second-order valence-electron chi connectivity index (χ2n) is 7.88. The zero-order valence-electron chi connectivity index (χ0n) is 19.0. The van der Waals surface area contributed by atoms with Gasteiger partial charge in [-0.05, 0) is 61.4 Å². The van der Waals surface area contributed by atoms with Crippen molar-refractivity contribution in [3.05, 3.63) is 54.1 Å². The van der Waals surface area contributed by atoms with Gasteiger partial charge in [0, 0.05) is 37.4 Å². The van der Waals surface area contributed by atoms with Gasteiger partial charge < -0.3 is 5.32 Å². The van der Waals surface area contributed by atoms with Crippen molar-refractivity contribution in [3.63, 3.8) is 0 Å². The molecule has 1 N–H and O–H groups in total. The highest BCUT2D eigenvalue weighted by atomic mass is 32.2. The van der Waals surface area contributed by atoms with Gasteiger partial charge in [-0.3, -0.25) is 4.79 Å². The Morgan fingerprint density at radius 2 is 1.39 bits per heavy atom. The molecule has 180 valence electrons. The first kappa shape index (κ1) is 25.4. The van der Waals surface area contributed by atoms with Crippen LogP contribution in [0, 0.1) is 0 Å². The Morgan fingerprint density at radius 3 is 1.94 bits per heavy atom. The van der Waals surface area contributed by atoms with Gasteiger partial charge in [-0.1, -0.05) is 20.3 Å². The summed E-state index contributed by atoms with van der Waals surface area (Å²) in [4.78, 5) is 12.9. The van der Waals surface area contributed by atoms with E-state index in [9.17, 15) is 21.6 Å². The molecule has 1 aliphatic rings. The second kappa shape index (κ2) is 10.8. The third-order valence-electron chi connectivity index (χ3n) is 5.78. The molecule has 10 heteroatoms. The van der Waals surface area contributed by atoms with Crippen LogP contribution in [0.1, 0.15) is 43.5 Å². The summed E-state index contributed by atoms with van der Waals surface area (Å²) in [6.45, 7) is 5.40. The van der Waals surface area contributed by atoms with Crippen LogP contribution >= 0.6 is 0 Å². The Hall–Kier alpha value is -2.27. The number of hydrogen-bond acceptors (Lipinski definition) is 6. The standard InChI is InChI=1S/C23H31N3O5S2/c1-3-25(4-2)32(28,29)21-12-8-19(9-13-21)23(27)18-24-20-10-14-22(15-11-20)33(30,31)26-16-6-5-7-17-26/h8-15,24H,3-7,16-18H2,1-2H3. The lowest BCUT2D eigenvalue weighted by molar-refractivity contribution is 0.101. The van der Waals surface area contributed by atoms with Gasteiger partial charge in [0.15, 0.2) is 5.78 Å². The summed E-state index contributed by atoms with van der Waals surface area (Å²) in [5.41, 5.74) is 1.02. The minimum Gasteiger partial charge on any atom is -0.378 e. The van der Waals surface area contributed by atoms with Gasteiger partial charge in [0.05, 0.1) is 16.3 Å². The Kier molecular flexibility index (Phi) is 8.28. The molecule has 0 saturated carbocycles. The molecule has 1 saturated heterocycles. The van der Waals surface area contributed by atoms with Gasteiger partial charge in [0.25, 0.3) is 0 Å². The lowest BCUT2D eigenvalue weighted by Gasteiger charge is -2.25. The van der Waals surface area contributed by atoms with Crippen LogP contribution in [-0.4, -0.2) is 64.0 Å². The smallest absolute Gasteiger partial charge is 0.243 e. The maximum atomic E-state index is 12.7. The fraction of sp³-hybridized carbons (Fsp3) is 0.435. The van der Waals surface area contributed by atoms with Gasteiger partial charge in [-0.25, -0.2) is 16.8 Å². The van der Waals surface area contributed by atoms with E-state index < -0.39 is 20.0 Å². The van der Waals surface area contributed by atoms with Crippen molar-refractivity contribution >= 4 is 31.5 Å². The largest absolute Gasteiger partial charge is 0.378 e. The Morgan fingerprint density at radius 1 is 0.848 bits per heavy atom. The predicted molar refractivity (Wildman–Crippen MR) is 128 cm³/mol. The van der Waals surface area contributed by atoms with E-state index in [1.54, 1.807) is 38.1 Å². The number of Topliss-reactive ketones (excluding diaryl/α,β-unsaturated/α-hetero) is 1. The van der Waals surface area contributed by atoms with Crippen LogP contribution in [0.25, 0.3) is 0 Å². The fourth-order valence-electron chi connectivity index (χ4n) is 3.81. The third kappa shape index (κ3) is 5.81. The van der Waals surface area contributed by atoms with Crippen molar-refractivity contribution in [2.75, 3.05) is 38.0 Å². The summed E-state index contributed by atoms with van der Waals surface area (Å²) in [5, 5.41) is 3.00. The quantitative estimate of drug-likeness (QED) is 0.510. The van der Waals surface area contributed by atoms with Gasteiger partial charge in [-0.15, -0.1) is 0 Å². The number of hydrogen-bond donors (Lipinski definition) is 1. The molecule has 0 atom stereocenters. The Bertz CT molecular complexity index is 1150. The van der Waals surface area contributed by atoms with Crippen molar-refractivity contribution in [3.8, 4) is 0 Å². The number of piperidine rings is 1. The second-order valence-corrected chi connectivity index (χ2v) is 11.8. The third-order valence-corrected chi connectivity index (χ3v) is 9.76. The molecular formula is C23H31N3O5S2. The number of sulfonamides is 2. The first-order valence-electron chi connectivity index (χ1n) is 11.2. The number of carbonyl (C=O) groups is 1. The number of benzene rings is 2. The number of nitrogens with zero attached hydrogens (tertiary/aromatic N) is 2. The van der Waals surface area contributed by atoms with Gasteiger partial charge in [0.1, 0.15) is 0 Å². The van der Waals surface area contributed by atoms with Crippen molar-refractivity contribution in [2.24, 2.45) is 0 Å². The van der Waals surface area contributed by atoms with Crippen molar-refractivity contribution in [2.45, 2.75) is 42.9 Å². The average Bonchev–Trinajstić information content (AvgIpc) is 2.84. The molecule has 8 nitrogen and oxygen atoms in total. The molecule has 1 heterocycles. The Balaban J connectivity index is 1.62. The molecule has 1 fully saturated rings. The highest BCUT2D eigenvalue weighted by Gasteiger charge is 2.26. The molecule has 0 unspecified atom stereocenters. The number of ketones is 1. The molecule has 0 aliphatic carbocycles. The molecule has 0 amide bonds. The number of carbonyl (C=O) groups excluding carboxylic acids is 1. The van der Waals surface area contributed by atoms with E-state index in [0.717, 1.165) is 19.3 Å². The van der Waals surface area contributed by atoms with E-state index in [-0.39, 0.29) is 22.1 Å². The maximum Gasteiger partial charge on any atom is 0.243 e. The minimum absolute atomic E-state index is 0.000360. The highest BCUT2D eigenvalue weighted by Crippen LogP contribution is 2.22. The maximum absolute atomic E-state index is 12.7. The van der Waals surface area contributed by atoms with Gasteiger partial charge >= 0.3 is 0 Å². The number of nitrogens with one attached hydrogen (secondary N) is 1. The summed E-state index contributed by atoms with van der Waals surface area (Å²) in [7, 11) is -7.06. The van der Waals surface area contributed by atoms with Crippen LogP contribution in [0.3, 0.4) is 0 Å². The molecular weight excluding hydrogens is 462 g/mol. The van der Waals surface area contributed by atoms with Crippen LogP contribution < -0.4 is 5.32 Å². The zero-order valence-corrected chi connectivity index (χ0v) is 20.7. The summed E-state index contributed by atoms with van der Waals surface area (Å²) in [6, 6.07) is 12.3. The molecule has 0 bridgehead atoms. The minimum atomic E-state index is -3.57. The van der Waals surface area contributed by atoms with Crippen molar-refractivity contribution < 1.29 is 21.6 Å². The highest BCUT2D eigenvalue weighted by molar-refractivity contribution is 7.89. The SMILES string of the molecule is CCN(CC)S(=O)(=O)c1ccc(C(=O)CNc2ccc(S(=O)(=O)N3CCCCC3)cc2)cc1. The van der Waals surface area contributed by atoms with Crippen LogP contribution in [0.4, 0.5) is 5.69 Å². The molecule has 0 aromatic heterocycles. The van der Waals surface area contributed by atoms with E-state index >= 15 is 0 Å². The topological polar surface area (TPSA) is 104 Å². The first-order valence-corrected chi connectivity index (χ1v) is 14.1. The van der Waals surface area contributed by atoms with Crippen molar-refractivity contribution in [1.82, 2.24) is 8.61 Å².